The second-order valence-corrected chi connectivity index (χ2v) is 8.40. The molecule has 3 aromatic rings. The van der Waals surface area contributed by atoms with Crippen molar-refractivity contribution >= 4 is 38.9 Å². The molecular formula is C20H16ClN3O3S. The van der Waals surface area contributed by atoms with E-state index in [-0.39, 0.29) is 10.8 Å². The number of para-hydroxylation sites is 1. The van der Waals surface area contributed by atoms with Crippen LogP contribution in [0.25, 0.3) is 0 Å². The van der Waals surface area contributed by atoms with Crippen molar-refractivity contribution in [3.63, 3.8) is 0 Å². The van der Waals surface area contributed by atoms with Gasteiger partial charge in [0.15, 0.2) is 0 Å². The van der Waals surface area contributed by atoms with Gasteiger partial charge in [0.2, 0.25) is 10.0 Å². The molecule has 0 bridgehead atoms. The number of fused-ring (bicyclic) bond motifs is 1. The normalized spacial score (nSPS) is 17.2. The molecule has 3 N–H and O–H groups in total. The Labute approximate surface area is 167 Å². The summed E-state index contributed by atoms with van der Waals surface area (Å²) in [5.41, 5.74) is 2.33. The van der Waals surface area contributed by atoms with Gasteiger partial charge in [0.25, 0.3) is 5.91 Å². The number of hydrogen-bond donors (Lipinski definition) is 3. The van der Waals surface area contributed by atoms with Crippen molar-refractivity contribution in [1.29, 1.82) is 0 Å². The molecule has 8 heteroatoms. The highest BCUT2D eigenvalue weighted by Crippen LogP contribution is 2.30. The molecule has 0 unspecified atom stereocenters. The molecule has 1 aliphatic heterocycles. The maximum absolute atomic E-state index is 12.4. The van der Waals surface area contributed by atoms with E-state index in [4.69, 9.17) is 11.6 Å². The minimum absolute atomic E-state index is 0.213. The second-order valence-electron chi connectivity index (χ2n) is 6.28. The van der Waals surface area contributed by atoms with Crippen molar-refractivity contribution in [2.24, 2.45) is 0 Å². The number of hydrogen-bond acceptors (Lipinski definition) is 4. The van der Waals surface area contributed by atoms with Gasteiger partial charge in [-0.3, -0.25) is 4.79 Å². The lowest BCUT2D eigenvalue weighted by Gasteiger charge is -2.28. The average Bonchev–Trinajstić information content (AvgIpc) is 2.69. The van der Waals surface area contributed by atoms with Crippen molar-refractivity contribution in [3.05, 3.63) is 88.9 Å². The highest BCUT2D eigenvalue weighted by atomic mass is 35.5. The van der Waals surface area contributed by atoms with Gasteiger partial charge in [-0.05, 0) is 54.1 Å². The first-order valence-corrected chi connectivity index (χ1v) is 10.3. The molecule has 28 heavy (non-hydrogen) atoms. The fraction of sp³-hybridized carbons (Fsp3) is 0.0500. The van der Waals surface area contributed by atoms with Crippen LogP contribution in [0.15, 0.2) is 77.7 Å². The minimum atomic E-state index is -3.61. The lowest BCUT2D eigenvalue weighted by atomic mass is 10.1. The van der Waals surface area contributed by atoms with E-state index >= 15 is 0 Å². The van der Waals surface area contributed by atoms with Crippen molar-refractivity contribution in [1.82, 2.24) is 4.72 Å². The van der Waals surface area contributed by atoms with Gasteiger partial charge in [-0.2, -0.15) is 4.72 Å². The van der Waals surface area contributed by atoms with Crippen LogP contribution in [0.4, 0.5) is 11.4 Å². The summed E-state index contributed by atoms with van der Waals surface area (Å²) in [7, 11) is -3.61. The number of sulfonamides is 1. The fourth-order valence-corrected chi connectivity index (χ4v) is 4.37. The summed E-state index contributed by atoms with van der Waals surface area (Å²) in [6.07, 6.45) is -0.617. The van der Waals surface area contributed by atoms with E-state index in [0.29, 0.717) is 27.5 Å². The Morgan fingerprint density at radius 1 is 0.929 bits per heavy atom. The zero-order chi connectivity index (χ0) is 19.7. The molecule has 1 amide bonds. The predicted octanol–water partition coefficient (Wildman–Crippen LogP) is 3.99. The molecule has 0 saturated heterocycles. The third-order valence-electron chi connectivity index (χ3n) is 4.36. The Hall–Kier alpha value is -2.87. The maximum atomic E-state index is 12.4. The number of carbonyl (C=O) groups is 1. The number of benzene rings is 3. The minimum Gasteiger partial charge on any atom is -0.364 e. The van der Waals surface area contributed by atoms with E-state index in [2.05, 4.69) is 15.4 Å². The fourth-order valence-electron chi connectivity index (χ4n) is 2.94. The lowest BCUT2D eigenvalue weighted by Crippen LogP contribution is -2.38. The molecule has 0 aliphatic carbocycles. The highest BCUT2D eigenvalue weighted by Gasteiger charge is 2.29. The molecule has 1 heterocycles. The SMILES string of the molecule is O=C(Nc1ccc(Cl)cc1)c1ccc([C@H]2Nc3ccccc3S(=O)(=O)N2)cc1. The van der Waals surface area contributed by atoms with Crippen LogP contribution >= 0.6 is 11.6 Å². The van der Waals surface area contributed by atoms with Crippen LogP contribution < -0.4 is 15.4 Å². The number of anilines is 2. The second kappa shape index (κ2) is 7.27. The van der Waals surface area contributed by atoms with Crippen LogP contribution in [0.3, 0.4) is 0 Å². The van der Waals surface area contributed by atoms with Crippen molar-refractivity contribution < 1.29 is 13.2 Å². The zero-order valence-electron chi connectivity index (χ0n) is 14.5. The number of rotatable bonds is 3. The molecule has 1 aliphatic rings. The molecule has 4 rings (SSSR count). The number of amides is 1. The summed E-state index contributed by atoms with van der Waals surface area (Å²) >= 11 is 5.84. The van der Waals surface area contributed by atoms with Crippen molar-refractivity contribution in [2.45, 2.75) is 11.1 Å². The van der Waals surface area contributed by atoms with Gasteiger partial charge in [-0.15, -0.1) is 0 Å². The molecule has 0 radical (unpaired) electrons. The molecule has 6 nitrogen and oxygen atoms in total. The number of halogens is 1. The maximum Gasteiger partial charge on any atom is 0.255 e. The summed E-state index contributed by atoms with van der Waals surface area (Å²) in [4.78, 5) is 12.6. The summed E-state index contributed by atoms with van der Waals surface area (Å²) in [6, 6.07) is 20.3. The third-order valence-corrected chi connectivity index (χ3v) is 6.09. The molecule has 0 fully saturated rings. The Balaban J connectivity index is 1.52. The average molecular weight is 414 g/mol. The third kappa shape index (κ3) is 3.73. The first-order valence-electron chi connectivity index (χ1n) is 8.47. The van der Waals surface area contributed by atoms with Crippen LogP contribution in [-0.2, 0) is 10.0 Å². The Morgan fingerprint density at radius 2 is 1.61 bits per heavy atom. The van der Waals surface area contributed by atoms with Crippen LogP contribution in [0.5, 0.6) is 0 Å². The summed E-state index contributed by atoms with van der Waals surface area (Å²) in [5, 5.41) is 6.53. The highest BCUT2D eigenvalue weighted by molar-refractivity contribution is 7.89. The van der Waals surface area contributed by atoms with E-state index in [9.17, 15) is 13.2 Å². The molecule has 0 spiro atoms. The Morgan fingerprint density at radius 3 is 2.32 bits per heavy atom. The first kappa shape index (κ1) is 18.5. The summed E-state index contributed by atoms with van der Waals surface area (Å²) in [5.74, 6) is -0.267. The van der Waals surface area contributed by atoms with Crippen LogP contribution in [0.2, 0.25) is 5.02 Å². The van der Waals surface area contributed by atoms with Gasteiger partial charge in [0.1, 0.15) is 11.1 Å². The lowest BCUT2D eigenvalue weighted by molar-refractivity contribution is 0.102. The van der Waals surface area contributed by atoms with Gasteiger partial charge in [-0.25, -0.2) is 8.42 Å². The standard InChI is InChI=1S/C20H16ClN3O3S/c21-15-9-11-16(12-10-15)22-20(25)14-7-5-13(6-8-14)19-23-17-3-1-2-4-18(17)28(26,27)24-19/h1-12,19,23-24H,(H,22,25)/t19-/m0/s1. The van der Waals surface area contributed by atoms with Crippen molar-refractivity contribution in [3.8, 4) is 0 Å². The van der Waals surface area contributed by atoms with Gasteiger partial charge in [0, 0.05) is 16.3 Å². The largest absolute Gasteiger partial charge is 0.364 e. The van der Waals surface area contributed by atoms with Gasteiger partial charge < -0.3 is 10.6 Å². The van der Waals surface area contributed by atoms with E-state index < -0.39 is 16.2 Å². The van der Waals surface area contributed by atoms with E-state index in [1.54, 1.807) is 72.8 Å². The summed E-state index contributed by atoms with van der Waals surface area (Å²) < 4.78 is 27.5. The van der Waals surface area contributed by atoms with Gasteiger partial charge in [-0.1, -0.05) is 35.9 Å². The molecule has 142 valence electrons. The first-order chi connectivity index (χ1) is 13.4. The number of nitrogens with one attached hydrogen (secondary N) is 3. The molecule has 0 aromatic heterocycles. The van der Waals surface area contributed by atoms with E-state index in [1.165, 1.54) is 0 Å². The molecule has 1 atom stereocenters. The number of carbonyl (C=O) groups excluding carboxylic acids is 1. The molecule has 0 saturated carbocycles. The topological polar surface area (TPSA) is 87.3 Å². The van der Waals surface area contributed by atoms with E-state index in [0.717, 1.165) is 0 Å². The zero-order valence-corrected chi connectivity index (χ0v) is 16.1. The monoisotopic (exact) mass is 413 g/mol. The van der Waals surface area contributed by atoms with Crippen molar-refractivity contribution in [2.75, 3.05) is 10.6 Å². The molecule has 3 aromatic carbocycles. The Kier molecular flexibility index (Phi) is 4.80. The van der Waals surface area contributed by atoms with Gasteiger partial charge in [0.05, 0.1) is 5.69 Å². The van der Waals surface area contributed by atoms with Crippen LogP contribution in [0.1, 0.15) is 22.1 Å². The predicted molar refractivity (Wildman–Crippen MR) is 109 cm³/mol. The van der Waals surface area contributed by atoms with Gasteiger partial charge >= 0.3 is 0 Å². The van der Waals surface area contributed by atoms with Crippen LogP contribution in [0, 0.1) is 0 Å². The van der Waals surface area contributed by atoms with Crippen LogP contribution in [-0.4, -0.2) is 14.3 Å². The van der Waals surface area contributed by atoms with E-state index in [1.807, 2.05) is 0 Å². The summed E-state index contributed by atoms with van der Waals surface area (Å²) in [6.45, 7) is 0. The molecular weight excluding hydrogens is 398 g/mol. The smallest absolute Gasteiger partial charge is 0.255 e. The Bertz CT molecular complexity index is 1130. The quantitative estimate of drug-likeness (QED) is 0.605.